The van der Waals surface area contributed by atoms with Crippen molar-refractivity contribution in [3.8, 4) is 17.1 Å². The molecule has 0 aliphatic heterocycles. The zero-order valence-electron chi connectivity index (χ0n) is 15.6. The van der Waals surface area contributed by atoms with Gasteiger partial charge in [0.15, 0.2) is 5.76 Å². The maximum absolute atomic E-state index is 13.0. The van der Waals surface area contributed by atoms with Crippen molar-refractivity contribution in [3.05, 3.63) is 84.8 Å². The third kappa shape index (κ3) is 4.08. The summed E-state index contributed by atoms with van der Waals surface area (Å²) in [5.41, 5.74) is 2.95. The summed E-state index contributed by atoms with van der Waals surface area (Å²) in [5, 5.41) is 10.1. The SMILES string of the molecule is CC(=O)Nc1ccc(NC(=O)c2cc(-c3ccco3)nn2-c2ccccc2)cc1. The Labute approximate surface area is 167 Å². The number of hydrogen-bond acceptors (Lipinski definition) is 4. The van der Waals surface area contributed by atoms with Gasteiger partial charge in [0, 0.05) is 24.4 Å². The van der Waals surface area contributed by atoms with Crippen molar-refractivity contribution in [3.63, 3.8) is 0 Å². The molecule has 0 fully saturated rings. The molecule has 0 radical (unpaired) electrons. The molecule has 0 aliphatic rings. The first-order chi connectivity index (χ1) is 14.1. The van der Waals surface area contributed by atoms with Gasteiger partial charge in [-0.15, -0.1) is 0 Å². The number of benzene rings is 2. The maximum atomic E-state index is 13.0. The first kappa shape index (κ1) is 18.2. The second-order valence-corrected chi connectivity index (χ2v) is 6.35. The lowest BCUT2D eigenvalue weighted by Crippen LogP contribution is -2.17. The zero-order chi connectivity index (χ0) is 20.2. The molecule has 4 aromatic rings. The van der Waals surface area contributed by atoms with Gasteiger partial charge in [-0.1, -0.05) is 18.2 Å². The van der Waals surface area contributed by atoms with E-state index >= 15 is 0 Å². The minimum Gasteiger partial charge on any atom is -0.463 e. The quantitative estimate of drug-likeness (QED) is 0.534. The fourth-order valence-corrected chi connectivity index (χ4v) is 2.89. The smallest absolute Gasteiger partial charge is 0.274 e. The Hall–Kier alpha value is -4.13. The van der Waals surface area contributed by atoms with Gasteiger partial charge in [0.1, 0.15) is 11.4 Å². The van der Waals surface area contributed by atoms with Gasteiger partial charge >= 0.3 is 0 Å². The molecule has 7 nitrogen and oxygen atoms in total. The van der Waals surface area contributed by atoms with Gasteiger partial charge in [-0.05, 0) is 48.5 Å². The molecule has 2 amide bonds. The van der Waals surface area contributed by atoms with Crippen LogP contribution in [0.1, 0.15) is 17.4 Å². The maximum Gasteiger partial charge on any atom is 0.274 e. The van der Waals surface area contributed by atoms with Crippen LogP contribution in [-0.4, -0.2) is 21.6 Å². The highest BCUT2D eigenvalue weighted by Crippen LogP contribution is 2.23. The molecule has 0 saturated heterocycles. The number of rotatable bonds is 5. The van der Waals surface area contributed by atoms with Crippen LogP contribution in [0.5, 0.6) is 0 Å². The lowest BCUT2D eigenvalue weighted by atomic mass is 10.2. The normalized spacial score (nSPS) is 10.5. The first-order valence-corrected chi connectivity index (χ1v) is 8.98. The van der Waals surface area contributed by atoms with Crippen molar-refractivity contribution in [1.82, 2.24) is 9.78 Å². The van der Waals surface area contributed by atoms with Crippen LogP contribution >= 0.6 is 0 Å². The Morgan fingerprint density at radius 2 is 1.59 bits per heavy atom. The number of hydrogen-bond donors (Lipinski definition) is 2. The van der Waals surface area contributed by atoms with E-state index in [1.165, 1.54) is 6.92 Å². The van der Waals surface area contributed by atoms with Crippen molar-refractivity contribution in [1.29, 1.82) is 0 Å². The number of anilines is 2. The van der Waals surface area contributed by atoms with E-state index < -0.39 is 0 Å². The summed E-state index contributed by atoms with van der Waals surface area (Å²) < 4.78 is 7.01. The van der Waals surface area contributed by atoms with Crippen LogP contribution in [0.15, 0.2) is 83.5 Å². The second-order valence-electron chi connectivity index (χ2n) is 6.35. The molecular formula is C22H18N4O3. The highest BCUT2D eigenvalue weighted by molar-refractivity contribution is 6.04. The highest BCUT2D eigenvalue weighted by atomic mass is 16.3. The fraction of sp³-hybridized carbons (Fsp3) is 0.0455. The number of para-hydroxylation sites is 1. The lowest BCUT2D eigenvalue weighted by molar-refractivity contribution is -0.114. The summed E-state index contributed by atoms with van der Waals surface area (Å²) in [7, 11) is 0. The van der Waals surface area contributed by atoms with Gasteiger partial charge in [-0.3, -0.25) is 9.59 Å². The largest absolute Gasteiger partial charge is 0.463 e. The van der Waals surface area contributed by atoms with Crippen molar-refractivity contribution in [2.75, 3.05) is 10.6 Å². The fourth-order valence-electron chi connectivity index (χ4n) is 2.89. The minimum absolute atomic E-state index is 0.154. The number of carbonyl (C=O) groups excluding carboxylic acids is 2. The summed E-state index contributed by atoms with van der Waals surface area (Å²) in [6.07, 6.45) is 1.56. The van der Waals surface area contributed by atoms with Crippen LogP contribution in [0, 0.1) is 0 Å². The molecular weight excluding hydrogens is 368 g/mol. The Morgan fingerprint density at radius 1 is 0.897 bits per heavy atom. The van der Waals surface area contributed by atoms with Crippen molar-refractivity contribution < 1.29 is 14.0 Å². The van der Waals surface area contributed by atoms with Crippen LogP contribution < -0.4 is 10.6 Å². The standard InChI is InChI=1S/C22H18N4O3/c1-15(27)23-16-9-11-17(12-10-16)24-22(28)20-14-19(21-8-5-13-29-21)25-26(20)18-6-3-2-4-7-18/h2-14H,1H3,(H,23,27)(H,24,28). The molecule has 0 atom stereocenters. The van der Waals surface area contributed by atoms with E-state index in [4.69, 9.17) is 4.42 Å². The van der Waals surface area contributed by atoms with E-state index in [2.05, 4.69) is 15.7 Å². The van der Waals surface area contributed by atoms with Crippen molar-refractivity contribution in [2.45, 2.75) is 6.92 Å². The first-order valence-electron chi connectivity index (χ1n) is 8.98. The summed E-state index contributed by atoms with van der Waals surface area (Å²) in [6.45, 7) is 1.44. The number of nitrogens with zero attached hydrogens (tertiary/aromatic N) is 2. The van der Waals surface area contributed by atoms with Crippen LogP contribution in [0.3, 0.4) is 0 Å². The van der Waals surface area contributed by atoms with E-state index in [9.17, 15) is 9.59 Å². The number of furan rings is 1. The van der Waals surface area contributed by atoms with Crippen molar-refractivity contribution >= 4 is 23.2 Å². The molecule has 0 spiro atoms. The average molecular weight is 386 g/mol. The van der Waals surface area contributed by atoms with Crippen LogP contribution in [-0.2, 0) is 4.79 Å². The summed E-state index contributed by atoms with van der Waals surface area (Å²) in [4.78, 5) is 24.1. The second kappa shape index (κ2) is 7.85. The topological polar surface area (TPSA) is 89.2 Å². The molecule has 2 aromatic heterocycles. The number of carbonyl (C=O) groups is 2. The van der Waals surface area contributed by atoms with Gasteiger partial charge in [-0.25, -0.2) is 4.68 Å². The van der Waals surface area contributed by atoms with Gasteiger partial charge in [0.05, 0.1) is 12.0 Å². The summed E-state index contributed by atoms with van der Waals surface area (Å²) >= 11 is 0. The average Bonchev–Trinajstić information content (AvgIpc) is 3.39. The third-order valence-electron chi connectivity index (χ3n) is 4.18. The van der Waals surface area contributed by atoms with Crippen LogP contribution in [0.2, 0.25) is 0 Å². The molecule has 2 N–H and O–H groups in total. The number of amides is 2. The van der Waals surface area contributed by atoms with E-state index in [-0.39, 0.29) is 11.8 Å². The molecule has 0 unspecified atom stereocenters. The molecule has 0 bridgehead atoms. The Balaban J connectivity index is 1.64. The van der Waals surface area contributed by atoms with E-state index in [0.717, 1.165) is 5.69 Å². The molecule has 2 heterocycles. The molecule has 2 aromatic carbocycles. The Kier molecular flexibility index (Phi) is 4.94. The van der Waals surface area contributed by atoms with Crippen molar-refractivity contribution in [2.24, 2.45) is 0 Å². The molecule has 0 saturated carbocycles. The van der Waals surface area contributed by atoms with Gasteiger partial charge in [-0.2, -0.15) is 5.10 Å². The van der Waals surface area contributed by atoms with E-state index in [0.29, 0.717) is 28.5 Å². The molecule has 29 heavy (non-hydrogen) atoms. The lowest BCUT2D eigenvalue weighted by Gasteiger charge is -2.09. The zero-order valence-corrected chi connectivity index (χ0v) is 15.6. The van der Waals surface area contributed by atoms with Crippen LogP contribution in [0.4, 0.5) is 11.4 Å². The van der Waals surface area contributed by atoms with E-state index in [1.807, 2.05) is 30.3 Å². The predicted molar refractivity (Wildman–Crippen MR) is 110 cm³/mol. The molecule has 4 rings (SSSR count). The Bertz CT molecular complexity index is 1130. The number of aromatic nitrogens is 2. The predicted octanol–water partition coefficient (Wildman–Crippen LogP) is 4.34. The monoisotopic (exact) mass is 386 g/mol. The van der Waals surface area contributed by atoms with E-state index in [1.54, 1.807) is 53.4 Å². The third-order valence-corrected chi connectivity index (χ3v) is 4.18. The van der Waals surface area contributed by atoms with Gasteiger partial charge in [0.2, 0.25) is 5.91 Å². The van der Waals surface area contributed by atoms with Gasteiger partial charge in [0.25, 0.3) is 5.91 Å². The molecule has 7 heteroatoms. The minimum atomic E-state index is -0.313. The summed E-state index contributed by atoms with van der Waals surface area (Å²) in [5.74, 6) is 0.110. The highest BCUT2D eigenvalue weighted by Gasteiger charge is 2.19. The molecule has 0 aliphatic carbocycles. The Morgan fingerprint density at radius 3 is 2.21 bits per heavy atom. The van der Waals surface area contributed by atoms with Crippen LogP contribution in [0.25, 0.3) is 17.1 Å². The van der Waals surface area contributed by atoms with Gasteiger partial charge < -0.3 is 15.1 Å². The number of nitrogens with one attached hydrogen (secondary N) is 2. The summed E-state index contributed by atoms with van der Waals surface area (Å²) in [6, 6.07) is 21.5. The molecule has 144 valence electrons.